The van der Waals surface area contributed by atoms with E-state index in [0.29, 0.717) is 0 Å². The summed E-state index contributed by atoms with van der Waals surface area (Å²) in [5.74, 6) is -0.833. The van der Waals surface area contributed by atoms with Crippen LogP contribution in [0.4, 0.5) is 0 Å². The molecule has 1 N–H and O–H groups in total. The van der Waals surface area contributed by atoms with Gasteiger partial charge in [-0.25, -0.2) is 0 Å². The molecule has 0 saturated carbocycles. The SMILES string of the molecule is CC(=O)O.Cc1ccoc1.Cc1nccnc1C. The molecule has 0 unspecified atom stereocenters. The molecule has 0 aliphatic rings. The van der Waals surface area contributed by atoms with Crippen molar-refractivity contribution in [2.45, 2.75) is 27.7 Å². The molecule has 2 rings (SSSR count). The summed E-state index contributed by atoms with van der Waals surface area (Å²) in [6.07, 6.45) is 6.76. The molecule has 0 bridgehead atoms. The van der Waals surface area contributed by atoms with E-state index in [1.807, 2.05) is 26.8 Å². The van der Waals surface area contributed by atoms with Crippen LogP contribution in [0.15, 0.2) is 35.4 Å². The Morgan fingerprint density at radius 3 is 1.78 bits per heavy atom. The van der Waals surface area contributed by atoms with Crippen LogP contribution in [0.1, 0.15) is 23.9 Å². The van der Waals surface area contributed by atoms with Gasteiger partial charge < -0.3 is 9.52 Å². The molecule has 0 aromatic carbocycles. The van der Waals surface area contributed by atoms with Gasteiger partial charge in [-0.15, -0.1) is 0 Å². The van der Waals surface area contributed by atoms with Crippen molar-refractivity contribution in [1.82, 2.24) is 9.97 Å². The van der Waals surface area contributed by atoms with Crippen LogP contribution < -0.4 is 0 Å². The van der Waals surface area contributed by atoms with E-state index in [4.69, 9.17) is 14.3 Å². The minimum absolute atomic E-state index is 0.833. The summed E-state index contributed by atoms with van der Waals surface area (Å²) in [6, 6.07) is 1.92. The van der Waals surface area contributed by atoms with Crippen LogP contribution in [0.25, 0.3) is 0 Å². The van der Waals surface area contributed by atoms with Crippen molar-refractivity contribution >= 4 is 5.97 Å². The Morgan fingerprint density at radius 2 is 1.61 bits per heavy atom. The Morgan fingerprint density at radius 1 is 1.17 bits per heavy atom. The first kappa shape index (κ1) is 15.8. The summed E-state index contributed by atoms with van der Waals surface area (Å²) >= 11 is 0. The molecule has 0 atom stereocenters. The van der Waals surface area contributed by atoms with Gasteiger partial charge in [0, 0.05) is 19.3 Å². The summed E-state index contributed by atoms with van der Waals surface area (Å²) in [5.41, 5.74) is 3.19. The fourth-order valence-corrected chi connectivity index (χ4v) is 0.810. The van der Waals surface area contributed by atoms with Crippen LogP contribution in [0.2, 0.25) is 0 Å². The minimum atomic E-state index is -0.833. The molecule has 2 aromatic rings. The van der Waals surface area contributed by atoms with Gasteiger partial charge in [0.2, 0.25) is 0 Å². The van der Waals surface area contributed by atoms with E-state index < -0.39 is 5.97 Å². The molecule has 0 spiro atoms. The van der Waals surface area contributed by atoms with Crippen molar-refractivity contribution in [1.29, 1.82) is 0 Å². The van der Waals surface area contributed by atoms with E-state index in [1.54, 1.807) is 24.9 Å². The van der Waals surface area contributed by atoms with E-state index >= 15 is 0 Å². The Hall–Kier alpha value is -2.17. The first-order valence-electron chi connectivity index (χ1n) is 5.36. The molecule has 18 heavy (non-hydrogen) atoms. The maximum atomic E-state index is 9.00. The third-order valence-electron chi connectivity index (χ3n) is 1.79. The van der Waals surface area contributed by atoms with Crippen LogP contribution in [-0.4, -0.2) is 21.0 Å². The van der Waals surface area contributed by atoms with Gasteiger partial charge in [-0.2, -0.15) is 0 Å². The van der Waals surface area contributed by atoms with Gasteiger partial charge in [-0.05, 0) is 32.4 Å². The zero-order chi connectivity index (χ0) is 14.0. The number of furan rings is 1. The highest BCUT2D eigenvalue weighted by Crippen LogP contribution is 1.94. The second kappa shape index (κ2) is 8.92. The smallest absolute Gasteiger partial charge is 0.300 e. The molecule has 2 heterocycles. The van der Waals surface area contributed by atoms with Crippen molar-refractivity contribution in [3.63, 3.8) is 0 Å². The largest absolute Gasteiger partial charge is 0.481 e. The fraction of sp³-hybridized carbons (Fsp3) is 0.308. The number of aryl methyl sites for hydroxylation is 3. The van der Waals surface area contributed by atoms with Gasteiger partial charge >= 0.3 is 0 Å². The topological polar surface area (TPSA) is 76.2 Å². The number of aromatic nitrogens is 2. The molecule has 0 amide bonds. The predicted molar refractivity (Wildman–Crippen MR) is 68.3 cm³/mol. The third-order valence-corrected chi connectivity index (χ3v) is 1.79. The van der Waals surface area contributed by atoms with E-state index in [-0.39, 0.29) is 0 Å². The van der Waals surface area contributed by atoms with Crippen LogP contribution in [-0.2, 0) is 4.79 Å². The Balaban J connectivity index is 0.000000257. The Bertz CT molecular complexity index is 428. The zero-order valence-electron chi connectivity index (χ0n) is 11.0. The number of hydrogen-bond donors (Lipinski definition) is 1. The van der Waals surface area contributed by atoms with Crippen LogP contribution in [0, 0.1) is 20.8 Å². The van der Waals surface area contributed by atoms with Crippen molar-refractivity contribution in [2.24, 2.45) is 0 Å². The zero-order valence-corrected chi connectivity index (χ0v) is 11.0. The van der Waals surface area contributed by atoms with Gasteiger partial charge in [0.25, 0.3) is 5.97 Å². The number of hydrogen-bond acceptors (Lipinski definition) is 4. The first-order chi connectivity index (χ1) is 8.43. The molecular formula is C13H18N2O3. The van der Waals surface area contributed by atoms with Crippen LogP contribution >= 0.6 is 0 Å². The lowest BCUT2D eigenvalue weighted by Crippen LogP contribution is -1.87. The standard InChI is InChI=1S/C6H8N2.C5H6O.C2H4O2/c1-5-6(2)8-4-3-7-5;1-5-2-3-6-4-5;1-2(3)4/h3-4H,1-2H3;2-4H,1H3;1H3,(H,3,4). The minimum Gasteiger partial charge on any atom is -0.481 e. The lowest BCUT2D eigenvalue weighted by atomic mass is 10.4. The lowest BCUT2D eigenvalue weighted by Gasteiger charge is -1.91. The number of nitrogens with zero attached hydrogens (tertiary/aromatic N) is 2. The highest BCUT2D eigenvalue weighted by Gasteiger charge is 1.87. The highest BCUT2D eigenvalue weighted by atomic mass is 16.4. The van der Waals surface area contributed by atoms with Crippen molar-refractivity contribution in [3.05, 3.63) is 47.9 Å². The highest BCUT2D eigenvalue weighted by molar-refractivity contribution is 5.62. The molecule has 5 nitrogen and oxygen atoms in total. The average molecular weight is 250 g/mol. The number of carbonyl (C=O) groups is 1. The quantitative estimate of drug-likeness (QED) is 0.778. The third kappa shape index (κ3) is 9.08. The molecular weight excluding hydrogens is 232 g/mol. The molecule has 98 valence electrons. The molecule has 0 radical (unpaired) electrons. The number of aliphatic carboxylic acids is 1. The number of carboxylic acids is 1. The Kier molecular flexibility index (Phi) is 7.85. The summed E-state index contributed by atoms with van der Waals surface area (Å²) < 4.78 is 4.71. The van der Waals surface area contributed by atoms with Gasteiger partial charge in [0.1, 0.15) is 0 Å². The molecule has 0 fully saturated rings. The van der Waals surface area contributed by atoms with Crippen molar-refractivity contribution in [3.8, 4) is 0 Å². The van der Waals surface area contributed by atoms with E-state index in [1.165, 1.54) is 5.56 Å². The van der Waals surface area contributed by atoms with Gasteiger partial charge in [0.05, 0.1) is 23.9 Å². The normalized spacial score (nSPS) is 8.44. The van der Waals surface area contributed by atoms with Crippen LogP contribution in [0.3, 0.4) is 0 Å². The molecule has 5 heteroatoms. The van der Waals surface area contributed by atoms with Crippen molar-refractivity contribution in [2.75, 3.05) is 0 Å². The summed E-state index contributed by atoms with van der Waals surface area (Å²) in [4.78, 5) is 17.0. The number of carboxylic acid groups (broad SMARTS) is 1. The first-order valence-corrected chi connectivity index (χ1v) is 5.36. The van der Waals surface area contributed by atoms with E-state index in [2.05, 4.69) is 9.97 Å². The average Bonchev–Trinajstić information content (AvgIpc) is 2.74. The van der Waals surface area contributed by atoms with Crippen LogP contribution in [0.5, 0.6) is 0 Å². The predicted octanol–water partition coefficient (Wildman–Crippen LogP) is 2.77. The summed E-state index contributed by atoms with van der Waals surface area (Å²) in [5, 5.41) is 7.42. The Labute approximate surface area is 107 Å². The van der Waals surface area contributed by atoms with Gasteiger partial charge in [-0.1, -0.05) is 0 Å². The molecule has 0 saturated heterocycles. The summed E-state index contributed by atoms with van der Waals surface area (Å²) in [6.45, 7) is 6.97. The molecule has 0 aliphatic heterocycles. The second-order valence-corrected chi connectivity index (χ2v) is 3.55. The maximum absolute atomic E-state index is 9.00. The maximum Gasteiger partial charge on any atom is 0.300 e. The molecule has 0 aliphatic carbocycles. The molecule has 2 aromatic heterocycles. The number of rotatable bonds is 0. The fourth-order valence-electron chi connectivity index (χ4n) is 0.810. The van der Waals surface area contributed by atoms with Gasteiger partial charge in [0.15, 0.2) is 0 Å². The van der Waals surface area contributed by atoms with E-state index in [9.17, 15) is 0 Å². The monoisotopic (exact) mass is 250 g/mol. The van der Waals surface area contributed by atoms with Gasteiger partial charge in [-0.3, -0.25) is 14.8 Å². The summed E-state index contributed by atoms with van der Waals surface area (Å²) in [7, 11) is 0. The lowest BCUT2D eigenvalue weighted by molar-refractivity contribution is -0.134. The second-order valence-electron chi connectivity index (χ2n) is 3.55. The van der Waals surface area contributed by atoms with Crippen molar-refractivity contribution < 1.29 is 14.3 Å². The van der Waals surface area contributed by atoms with E-state index in [0.717, 1.165) is 18.3 Å².